The highest BCUT2D eigenvalue weighted by atomic mass is 32.2. The van der Waals surface area contributed by atoms with Crippen LogP contribution in [0.1, 0.15) is 10.9 Å². The lowest BCUT2D eigenvalue weighted by molar-refractivity contribution is -0.119. The first-order valence-electron chi connectivity index (χ1n) is 7.77. The number of anilines is 1. The van der Waals surface area contributed by atoms with E-state index in [4.69, 9.17) is 17.0 Å². The Kier molecular flexibility index (Phi) is 4.13. The Morgan fingerprint density at radius 3 is 2.48 bits per heavy atom. The fourth-order valence-electron chi connectivity index (χ4n) is 3.14. The number of hydrogen-bond acceptors (Lipinski definition) is 4. The van der Waals surface area contributed by atoms with Crippen molar-refractivity contribution in [1.82, 2.24) is 4.90 Å². The lowest BCUT2D eigenvalue weighted by Crippen LogP contribution is -2.33. The largest absolute Gasteiger partial charge is 0.497 e. The Labute approximate surface area is 154 Å². The van der Waals surface area contributed by atoms with Crippen molar-refractivity contribution in [2.24, 2.45) is 0 Å². The van der Waals surface area contributed by atoms with Gasteiger partial charge in [0, 0.05) is 5.75 Å². The smallest absolute Gasteiger partial charge is 0.257 e. The minimum atomic E-state index is -0.283. The molecule has 2 aromatic rings. The van der Waals surface area contributed by atoms with Crippen LogP contribution >= 0.6 is 24.0 Å². The molecule has 4 nitrogen and oxygen atoms in total. The van der Waals surface area contributed by atoms with Crippen LogP contribution in [0.25, 0.3) is 0 Å². The zero-order valence-electron chi connectivity index (χ0n) is 13.4. The van der Waals surface area contributed by atoms with Crippen LogP contribution in [0, 0.1) is 5.82 Å². The molecular formula is C18H15FN2O2S2. The summed E-state index contributed by atoms with van der Waals surface area (Å²) >= 11 is 7.27. The third-order valence-electron chi connectivity index (χ3n) is 4.40. The topological polar surface area (TPSA) is 32.8 Å². The van der Waals surface area contributed by atoms with Gasteiger partial charge >= 0.3 is 0 Å². The molecule has 0 radical (unpaired) electrons. The van der Waals surface area contributed by atoms with E-state index in [-0.39, 0.29) is 23.1 Å². The second-order valence-corrected chi connectivity index (χ2v) is 7.29. The van der Waals surface area contributed by atoms with Gasteiger partial charge in [-0.1, -0.05) is 12.1 Å². The number of nitrogens with zero attached hydrogens (tertiary/aromatic N) is 2. The molecule has 2 heterocycles. The molecule has 2 atom stereocenters. The van der Waals surface area contributed by atoms with Gasteiger partial charge in [0.25, 0.3) is 5.91 Å². The third-order valence-corrected chi connectivity index (χ3v) is 6.12. The number of methoxy groups -OCH3 is 1. The van der Waals surface area contributed by atoms with Crippen LogP contribution in [-0.4, -0.2) is 34.8 Å². The van der Waals surface area contributed by atoms with E-state index in [0.29, 0.717) is 10.9 Å². The lowest BCUT2D eigenvalue weighted by Gasteiger charge is -2.25. The molecule has 2 aliphatic heterocycles. The lowest BCUT2D eigenvalue weighted by atomic mass is 10.2. The molecule has 1 amide bonds. The van der Waals surface area contributed by atoms with Crippen molar-refractivity contribution in [2.45, 2.75) is 11.4 Å². The Morgan fingerprint density at radius 1 is 1.16 bits per heavy atom. The van der Waals surface area contributed by atoms with Gasteiger partial charge < -0.3 is 9.64 Å². The second kappa shape index (κ2) is 6.31. The van der Waals surface area contributed by atoms with E-state index in [2.05, 4.69) is 0 Å². The number of fused-ring (bicyclic) bond motifs is 1. The number of thiocarbonyl (C=S) groups is 1. The van der Waals surface area contributed by atoms with Crippen molar-refractivity contribution >= 4 is 40.7 Å². The SMILES string of the molecule is COc1ccc(N2C(=O)[C@H]3CS[C@H](c4ccc(F)cc4)N3C2=S)cc1. The van der Waals surface area contributed by atoms with E-state index < -0.39 is 0 Å². The normalized spacial score (nSPS) is 22.5. The molecule has 2 fully saturated rings. The van der Waals surface area contributed by atoms with Gasteiger partial charge in [0.1, 0.15) is 23.0 Å². The highest BCUT2D eigenvalue weighted by Gasteiger charge is 2.50. The predicted molar refractivity (Wildman–Crippen MR) is 100 cm³/mol. The van der Waals surface area contributed by atoms with Crippen LogP contribution in [-0.2, 0) is 4.79 Å². The summed E-state index contributed by atoms with van der Waals surface area (Å²) in [5.41, 5.74) is 1.67. The summed E-state index contributed by atoms with van der Waals surface area (Å²) in [5.74, 6) is 1.09. The third kappa shape index (κ3) is 2.67. The molecule has 128 valence electrons. The van der Waals surface area contributed by atoms with Gasteiger partial charge in [0.05, 0.1) is 12.8 Å². The number of carbonyl (C=O) groups excluding carboxylic acids is 1. The van der Waals surface area contributed by atoms with Crippen LogP contribution in [0.2, 0.25) is 0 Å². The monoisotopic (exact) mass is 374 g/mol. The summed E-state index contributed by atoms with van der Waals surface area (Å²) in [5, 5.41) is 0.407. The highest BCUT2D eigenvalue weighted by Crippen LogP contribution is 2.46. The van der Waals surface area contributed by atoms with Crippen molar-refractivity contribution in [3.63, 3.8) is 0 Å². The van der Waals surface area contributed by atoms with Gasteiger partial charge in [-0.3, -0.25) is 9.69 Å². The average molecular weight is 374 g/mol. The summed E-state index contributed by atoms with van der Waals surface area (Å²) in [4.78, 5) is 16.4. The Morgan fingerprint density at radius 2 is 1.84 bits per heavy atom. The molecule has 25 heavy (non-hydrogen) atoms. The Bertz CT molecular complexity index is 826. The molecule has 2 aliphatic rings. The minimum Gasteiger partial charge on any atom is -0.497 e. The molecule has 2 aromatic carbocycles. The second-order valence-electron chi connectivity index (χ2n) is 5.81. The number of ether oxygens (including phenoxy) is 1. The standard InChI is InChI=1S/C18H15FN2O2S2/c1-23-14-8-6-13(7-9-14)20-16(22)15-10-25-17(21(15)18(20)24)11-2-4-12(19)5-3-11/h2-9,15,17H,10H2,1H3/t15-,17-/m1/s1. The molecule has 7 heteroatoms. The van der Waals surface area contributed by atoms with Crippen LogP contribution in [0.3, 0.4) is 0 Å². The molecule has 2 saturated heterocycles. The molecular weight excluding hydrogens is 359 g/mol. The fourth-order valence-corrected chi connectivity index (χ4v) is 5.06. The zero-order chi connectivity index (χ0) is 17.6. The Balaban J connectivity index is 1.65. The van der Waals surface area contributed by atoms with Crippen LogP contribution < -0.4 is 9.64 Å². The quantitative estimate of drug-likeness (QED) is 0.767. The van der Waals surface area contributed by atoms with Gasteiger partial charge in [0.2, 0.25) is 0 Å². The van der Waals surface area contributed by atoms with Crippen molar-refractivity contribution < 1.29 is 13.9 Å². The van der Waals surface area contributed by atoms with E-state index in [1.165, 1.54) is 12.1 Å². The molecule has 4 rings (SSSR count). The van der Waals surface area contributed by atoms with Gasteiger partial charge in [-0.15, -0.1) is 11.8 Å². The van der Waals surface area contributed by atoms with Gasteiger partial charge in [-0.05, 0) is 54.2 Å². The predicted octanol–water partition coefficient (Wildman–Crippen LogP) is 3.58. The summed E-state index contributed by atoms with van der Waals surface area (Å²) in [6, 6.07) is 13.3. The maximum absolute atomic E-state index is 13.2. The fraction of sp³-hybridized carbons (Fsp3) is 0.222. The first kappa shape index (κ1) is 16.4. The van der Waals surface area contributed by atoms with Crippen molar-refractivity contribution in [3.05, 3.63) is 59.9 Å². The number of halogens is 1. The van der Waals surface area contributed by atoms with Gasteiger partial charge in [0.15, 0.2) is 5.11 Å². The first-order chi connectivity index (χ1) is 12.1. The maximum Gasteiger partial charge on any atom is 0.257 e. The summed E-state index contributed by atoms with van der Waals surface area (Å²) in [7, 11) is 1.60. The molecule has 0 saturated carbocycles. The van der Waals surface area contributed by atoms with E-state index >= 15 is 0 Å². The van der Waals surface area contributed by atoms with Gasteiger partial charge in [-0.2, -0.15) is 0 Å². The van der Waals surface area contributed by atoms with Crippen molar-refractivity contribution in [2.75, 3.05) is 17.8 Å². The molecule has 0 aliphatic carbocycles. The number of rotatable bonds is 3. The number of hydrogen-bond donors (Lipinski definition) is 0. The minimum absolute atomic E-state index is 0.0210. The van der Waals surface area contributed by atoms with E-state index in [9.17, 15) is 9.18 Å². The molecule has 0 N–H and O–H groups in total. The number of carbonyl (C=O) groups is 1. The summed E-state index contributed by atoms with van der Waals surface area (Å²) < 4.78 is 18.4. The van der Waals surface area contributed by atoms with Crippen LogP contribution in [0.4, 0.5) is 10.1 Å². The van der Waals surface area contributed by atoms with Crippen LogP contribution in [0.15, 0.2) is 48.5 Å². The Hall–Kier alpha value is -2.12. The summed E-state index contributed by atoms with van der Waals surface area (Å²) in [6.07, 6.45) is 0. The molecule has 0 aromatic heterocycles. The van der Waals surface area contributed by atoms with E-state index in [0.717, 1.165) is 17.0 Å². The van der Waals surface area contributed by atoms with Crippen molar-refractivity contribution in [1.29, 1.82) is 0 Å². The van der Waals surface area contributed by atoms with Crippen LogP contribution in [0.5, 0.6) is 5.75 Å². The first-order valence-corrected chi connectivity index (χ1v) is 9.23. The number of amides is 1. The van der Waals surface area contributed by atoms with Gasteiger partial charge in [-0.25, -0.2) is 4.39 Å². The number of benzene rings is 2. The molecule has 0 spiro atoms. The van der Waals surface area contributed by atoms with Crippen molar-refractivity contribution in [3.8, 4) is 5.75 Å². The zero-order valence-corrected chi connectivity index (χ0v) is 15.0. The maximum atomic E-state index is 13.2. The molecule has 0 bridgehead atoms. The van der Waals surface area contributed by atoms with E-state index in [1.54, 1.807) is 48.0 Å². The molecule has 0 unspecified atom stereocenters. The average Bonchev–Trinajstić information content (AvgIpc) is 3.17. The number of thioether (sulfide) groups is 1. The summed E-state index contributed by atoms with van der Waals surface area (Å²) in [6.45, 7) is 0. The highest BCUT2D eigenvalue weighted by molar-refractivity contribution is 7.99. The van der Waals surface area contributed by atoms with E-state index in [1.807, 2.05) is 17.0 Å².